The van der Waals surface area contributed by atoms with Gasteiger partial charge in [0.25, 0.3) is 0 Å². The predicted octanol–water partition coefficient (Wildman–Crippen LogP) is 2.62. The Bertz CT molecular complexity index is 460. The van der Waals surface area contributed by atoms with Gasteiger partial charge in [-0.25, -0.2) is 4.79 Å². The van der Waals surface area contributed by atoms with Crippen LogP contribution in [-0.2, 0) is 9.53 Å². The minimum Gasteiger partial charge on any atom is -0.456 e. The Balaban J connectivity index is 3.10. The SMILES string of the molecule is CC(=O)N(C)c1ccccc1C(=O)OC(C)(C)C. The van der Waals surface area contributed by atoms with E-state index in [2.05, 4.69) is 0 Å². The van der Waals surface area contributed by atoms with Crippen LogP contribution in [0.1, 0.15) is 38.1 Å². The maximum Gasteiger partial charge on any atom is 0.340 e. The lowest BCUT2D eigenvalue weighted by molar-refractivity contribution is -0.116. The Morgan fingerprint density at radius 2 is 1.72 bits per heavy atom. The second-order valence-corrected chi connectivity index (χ2v) is 5.10. The van der Waals surface area contributed by atoms with Crippen molar-refractivity contribution in [2.24, 2.45) is 0 Å². The van der Waals surface area contributed by atoms with Gasteiger partial charge in [-0.2, -0.15) is 0 Å². The second kappa shape index (κ2) is 5.21. The standard InChI is InChI=1S/C14H19NO3/c1-10(16)15(5)12-9-7-6-8-11(12)13(17)18-14(2,3)4/h6-9H,1-5H3. The molecule has 0 aliphatic heterocycles. The van der Waals surface area contributed by atoms with Crippen LogP contribution in [0.4, 0.5) is 5.69 Å². The summed E-state index contributed by atoms with van der Waals surface area (Å²) in [5.41, 5.74) is 0.392. The van der Waals surface area contributed by atoms with E-state index in [0.29, 0.717) is 11.3 Å². The minimum absolute atomic E-state index is 0.133. The van der Waals surface area contributed by atoms with Crippen LogP contribution in [0.2, 0.25) is 0 Å². The van der Waals surface area contributed by atoms with Crippen LogP contribution < -0.4 is 4.90 Å². The number of nitrogens with zero attached hydrogens (tertiary/aromatic N) is 1. The van der Waals surface area contributed by atoms with Gasteiger partial charge < -0.3 is 9.64 Å². The molecule has 0 spiro atoms. The maximum absolute atomic E-state index is 12.0. The van der Waals surface area contributed by atoms with Gasteiger partial charge in [-0.05, 0) is 32.9 Å². The fourth-order valence-corrected chi connectivity index (χ4v) is 1.44. The monoisotopic (exact) mass is 249 g/mol. The number of hydrogen-bond acceptors (Lipinski definition) is 3. The molecule has 0 radical (unpaired) electrons. The molecule has 1 rings (SSSR count). The number of para-hydroxylation sites is 1. The van der Waals surface area contributed by atoms with Crippen LogP contribution in [-0.4, -0.2) is 24.5 Å². The number of carbonyl (C=O) groups is 2. The molecule has 0 atom stereocenters. The molecule has 0 aliphatic carbocycles. The molecule has 0 aromatic heterocycles. The van der Waals surface area contributed by atoms with Crippen molar-refractivity contribution in [3.8, 4) is 0 Å². The highest BCUT2D eigenvalue weighted by Crippen LogP contribution is 2.22. The summed E-state index contributed by atoms with van der Waals surface area (Å²) in [6, 6.07) is 6.91. The largest absolute Gasteiger partial charge is 0.456 e. The third-order valence-electron chi connectivity index (χ3n) is 2.36. The molecule has 4 heteroatoms. The van der Waals surface area contributed by atoms with E-state index in [4.69, 9.17) is 4.74 Å². The van der Waals surface area contributed by atoms with E-state index in [1.54, 1.807) is 31.3 Å². The average Bonchev–Trinajstić information content (AvgIpc) is 2.25. The number of rotatable bonds is 2. The first-order valence-electron chi connectivity index (χ1n) is 5.79. The van der Waals surface area contributed by atoms with Gasteiger partial charge in [0.1, 0.15) is 5.60 Å². The zero-order valence-corrected chi connectivity index (χ0v) is 11.5. The Hall–Kier alpha value is -1.84. The number of anilines is 1. The average molecular weight is 249 g/mol. The molecule has 18 heavy (non-hydrogen) atoms. The summed E-state index contributed by atoms with van der Waals surface area (Å²) in [5, 5.41) is 0. The van der Waals surface area contributed by atoms with Crippen LogP contribution in [0.3, 0.4) is 0 Å². The molecular weight excluding hydrogens is 230 g/mol. The van der Waals surface area contributed by atoms with E-state index in [9.17, 15) is 9.59 Å². The van der Waals surface area contributed by atoms with Gasteiger partial charge in [0.2, 0.25) is 5.91 Å². The van der Waals surface area contributed by atoms with E-state index >= 15 is 0 Å². The Morgan fingerprint density at radius 3 is 2.22 bits per heavy atom. The fraction of sp³-hybridized carbons (Fsp3) is 0.429. The fourth-order valence-electron chi connectivity index (χ4n) is 1.44. The van der Waals surface area contributed by atoms with Crippen LogP contribution in [0.25, 0.3) is 0 Å². The lowest BCUT2D eigenvalue weighted by Crippen LogP contribution is -2.28. The number of hydrogen-bond donors (Lipinski definition) is 0. The summed E-state index contributed by atoms with van der Waals surface area (Å²) in [6.07, 6.45) is 0. The Morgan fingerprint density at radius 1 is 1.17 bits per heavy atom. The van der Waals surface area contributed by atoms with Crippen molar-refractivity contribution in [3.63, 3.8) is 0 Å². The summed E-state index contributed by atoms with van der Waals surface area (Å²) in [6.45, 7) is 6.87. The molecule has 1 aromatic rings. The van der Waals surface area contributed by atoms with Crippen LogP contribution in [0, 0.1) is 0 Å². The van der Waals surface area contributed by atoms with E-state index < -0.39 is 11.6 Å². The van der Waals surface area contributed by atoms with Gasteiger partial charge in [0.05, 0.1) is 11.3 Å². The molecule has 0 fully saturated rings. The summed E-state index contributed by atoms with van der Waals surface area (Å²) in [4.78, 5) is 24.9. The van der Waals surface area contributed by atoms with Crippen molar-refractivity contribution in [2.75, 3.05) is 11.9 Å². The number of carbonyl (C=O) groups excluding carboxylic acids is 2. The highest BCUT2D eigenvalue weighted by molar-refractivity contribution is 6.01. The molecule has 0 heterocycles. The molecule has 98 valence electrons. The molecule has 0 unspecified atom stereocenters. The quantitative estimate of drug-likeness (QED) is 0.757. The molecule has 0 saturated carbocycles. The highest BCUT2D eigenvalue weighted by atomic mass is 16.6. The van der Waals surface area contributed by atoms with Gasteiger partial charge >= 0.3 is 5.97 Å². The van der Waals surface area contributed by atoms with E-state index in [-0.39, 0.29) is 5.91 Å². The Labute approximate surface area is 108 Å². The molecule has 0 bridgehead atoms. The summed E-state index contributed by atoms with van der Waals surface area (Å²) in [5.74, 6) is -0.558. The molecular formula is C14H19NO3. The third-order valence-corrected chi connectivity index (χ3v) is 2.36. The van der Waals surface area contributed by atoms with Gasteiger partial charge in [-0.3, -0.25) is 4.79 Å². The molecule has 1 amide bonds. The van der Waals surface area contributed by atoms with Crippen molar-refractivity contribution < 1.29 is 14.3 Å². The molecule has 0 N–H and O–H groups in total. The van der Waals surface area contributed by atoms with Gasteiger partial charge in [0, 0.05) is 14.0 Å². The normalized spacial score (nSPS) is 10.9. The molecule has 0 saturated heterocycles. The minimum atomic E-state index is -0.557. The van der Waals surface area contributed by atoms with E-state index in [1.165, 1.54) is 11.8 Å². The lowest BCUT2D eigenvalue weighted by atomic mass is 10.1. The lowest BCUT2D eigenvalue weighted by Gasteiger charge is -2.22. The van der Waals surface area contributed by atoms with Gasteiger partial charge in [0.15, 0.2) is 0 Å². The number of amides is 1. The zero-order chi connectivity index (χ0) is 13.9. The number of benzene rings is 1. The van der Waals surface area contributed by atoms with Crippen molar-refractivity contribution in [2.45, 2.75) is 33.3 Å². The first-order chi connectivity index (χ1) is 8.22. The van der Waals surface area contributed by atoms with Gasteiger partial charge in [-0.1, -0.05) is 12.1 Å². The maximum atomic E-state index is 12.0. The van der Waals surface area contributed by atoms with Crippen LogP contribution in [0.15, 0.2) is 24.3 Å². The van der Waals surface area contributed by atoms with Crippen LogP contribution in [0.5, 0.6) is 0 Å². The third kappa shape index (κ3) is 3.58. The van der Waals surface area contributed by atoms with Crippen LogP contribution >= 0.6 is 0 Å². The summed E-state index contributed by atoms with van der Waals surface area (Å²) < 4.78 is 5.32. The number of esters is 1. The van der Waals surface area contributed by atoms with Crippen molar-refractivity contribution in [3.05, 3.63) is 29.8 Å². The van der Waals surface area contributed by atoms with Crippen molar-refractivity contribution >= 4 is 17.6 Å². The highest BCUT2D eigenvalue weighted by Gasteiger charge is 2.22. The summed E-state index contributed by atoms with van der Waals surface area (Å²) in [7, 11) is 1.63. The number of ether oxygens (including phenoxy) is 1. The van der Waals surface area contributed by atoms with E-state index in [0.717, 1.165) is 0 Å². The van der Waals surface area contributed by atoms with Crippen molar-refractivity contribution in [1.29, 1.82) is 0 Å². The van der Waals surface area contributed by atoms with Crippen molar-refractivity contribution in [1.82, 2.24) is 0 Å². The molecule has 0 aliphatic rings. The second-order valence-electron chi connectivity index (χ2n) is 5.10. The molecule has 4 nitrogen and oxygen atoms in total. The van der Waals surface area contributed by atoms with E-state index in [1.807, 2.05) is 20.8 Å². The zero-order valence-electron chi connectivity index (χ0n) is 11.5. The first kappa shape index (κ1) is 14.2. The topological polar surface area (TPSA) is 46.6 Å². The Kier molecular flexibility index (Phi) is 4.11. The summed E-state index contributed by atoms with van der Waals surface area (Å²) >= 11 is 0. The smallest absolute Gasteiger partial charge is 0.340 e. The first-order valence-corrected chi connectivity index (χ1v) is 5.79. The predicted molar refractivity (Wildman–Crippen MR) is 70.7 cm³/mol. The molecule has 1 aromatic carbocycles. The van der Waals surface area contributed by atoms with Gasteiger partial charge in [-0.15, -0.1) is 0 Å².